The van der Waals surface area contributed by atoms with E-state index in [9.17, 15) is 0 Å². The van der Waals surface area contributed by atoms with E-state index in [4.69, 9.17) is 9.47 Å². The van der Waals surface area contributed by atoms with Crippen molar-refractivity contribution in [1.82, 2.24) is 4.98 Å². The zero-order chi connectivity index (χ0) is 12.5. The van der Waals surface area contributed by atoms with Gasteiger partial charge in [0.2, 0.25) is 6.79 Å². The topological polar surface area (TPSA) is 34.6 Å². The molecule has 2 aromatic rings. The third-order valence-electron chi connectivity index (χ3n) is 3.02. The molecular weight excluding hydrogens is 296 g/mol. The largest absolute Gasteiger partial charge is 0.454 e. The number of hydrogen-bond donors (Lipinski definition) is 0. The van der Waals surface area contributed by atoms with Crippen LogP contribution in [0.4, 0.5) is 5.82 Å². The SMILES string of the molecule is CN(CCBr)c1nccc2cc3c(cc12)OCO3. The number of ether oxygens (including phenoxy) is 2. The number of pyridine rings is 1. The van der Waals surface area contributed by atoms with Gasteiger partial charge in [0, 0.05) is 30.5 Å². The van der Waals surface area contributed by atoms with Crippen LogP contribution >= 0.6 is 15.9 Å². The van der Waals surface area contributed by atoms with Crippen molar-refractivity contribution in [3.63, 3.8) is 0 Å². The monoisotopic (exact) mass is 308 g/mol. The molecule has 2 heterocycles. The molecule has 5 heteroatoms. The highest BCUT2D eigenvalue weighted by atomic mass is 79.9. The van der Waals surface area contributed by atoms with Crippen LogP contribution in [0.3, 0.4) is 0 Å². The van der Waals surface area contributed by atoms with Crippen molar-refractivity contribution in [1.29, 1.82) is 0 Å². The molecule has 0 unspecified atom stereocenters. The fourth-order valence-corrected chi connectivity index (χ4v) is 2.62. The fourth-order valence-electron chi connectivity index (χ4n) is 2.08. The maximum Gasteiger partial charge on any atom is 0.231 e. The lowest BCUT2D eigenvalue weighted by Crippen LogP contribution is -2.20. The van der Waals surface area contributed by atoms with Crippen LogP contribution in [0.5, 0.6) is 11.5 Å². The van der Waals surface area contributed by atoms with E-state index in [-0.39, 0.29) is 0 Å². The van der Waals surface area contributed by atoms with Crippen molar-refractivity contribution < 1.29 is 9.47 Å². The summed E-state index contributed by atoms with van der Waals surface area (Å²) in [5, 5.41) is 3.11. The molecule has 0 amide bonds. The van der Waals surface area contributed by atoms with Crippen LogP contribution in [0.15, 0.2) is 24.4 Å². The zero-order valence-electron chi connectivity index (χ0n) is 10.0. The molecule has 1 aromatic carbocycles. The van der Waals surface area contributed by atoms with E-state index in [0.717, 1.165) is 40.0 Å². The van der Waals surface area contributed by atoms with Crippen LogP contribution in [0.25, 0.3) is 10.8 Å². The first-order chi connectivity index (χ1) is 8.79. The molecule has 0 fully saturated rings. The highest BCUT2D eigenvalue weighted by Gasteiger charge is 2.16. The van der Waals surface area contributed by atoms with Crippen molar-refractivity contribution in [2.24, 2.45) is 0 Å². The summed E-state index contributed by atoms with van der Waals surface area (Å²) < 4.78 is 10.8. The molecule has 0 atom stereocenters. The van der Waals surface area contributed by atoms with Gasteiger partial charge in [-0.3, -0.25) is 0 Å². The van der Waals surface area contributed by atoms with E-state index >= 15 is 0 Å². The number of hydrogen-bond acceptors (Lipinski definition) is 4. The summed E-state index contributed by atoms with van der Waals surface area (Å²) in [4.78, 5) is 6.58. The molecule has 0 radical (unpaired) electrons. The molecule has 0 spiro atoms. The first-order valence-electron chi connectivity index (χ1n) is 5.75. The fraction of sp³-hybridized carbons (Fsp3) is 0.308. The standard InChI is InChI=1S/C13H13BrN2O2/c1-16(5-3-14)13-10-7-12-11(17-8-18-12)6-9(10)2-4-15-13/h2,4,6-7H,3,5,8H2,1H3. The molecule has 94 valence electrons. The Morgan fingerprint density at radius 3 is 2.89 bits per heavy atom. The Balaban J connectivity index is 2.15. The number of rotatable bonds is 3. The number of halogens is 1. The normalized spacial score (nSPS) is 13.0. The molecular formula is C13H13BrN2O2. The minimum atomic E-state index is 0.297. The lowest BCUT2D eigenvalue weighted by Gasteiger charge is -2.18. The summed E-state index contributed by atoms with van der Waals surface area (Å²) in [7, 11) is 2.04. The molecule has 1 aliphatic rings. The van der Waals surface area contributed by atoms with E-state index in [0.29, 0.717) is 6.79 Å². The summed E-state index contributed by atoms with van der Waals surface area (Å²) in [6.45, 7) is 1.20. The Kier molecular flexibility index (Phi) is 2.99. The molecule has 0 N–H and O–H groups in total. The van der Waals surface area contributed by atoms with E-state index < -0.39 is 0 Å². The number of benzene rings is 1. The number of anilines is 1. The van der Waals surface area contributed by atoms with Crippen LogP contribution in [-0.2, 0) is 0 Å². The summed E-state index contributed by atoms with van der Waals surface area (Å²) in [6.07, 6.45) is 1.82. The van der Waals surface area contributed by atoms with E-state index in [1.807, 2.05) is 31.4 Å². The lowest BCUT2D eigenvalue weighted by molar-refractivity contribution is 0.174. The van der Waals surface area contributed by atoms with Gasteiger partial charge in [-0.25, -0.2) is 4.98 Å². The minimum absolute atomic E-state index is 0.297. The van der Waals surface area contributed by atoms with Crippen molar-refractivity contribution in [2.75, 3.05) is 30.6 Å². The van der Waals surface area contributed by atoms with Crippen molar-refractivity contribution in [3.05, 3.63) is 24.4 Å². The number of fused-ring (bicyclic) bond motifs is 2. The second kappa shape index (κ2) is 4.65. The number of alkyl halides is 1. The molecule has 1 aromatic heterocycles. The second-order valence-corrected chi connectivity index (χ2v) is 4.96. The third-order valence-corrected chi connectivity index (χ3v) is 3.37. The van der Waals surface area contributed by atoms with Gasteiger partial charge in [-0.1, -0.05) is 15.9 Å². The Morgan fingerprint density at radius 2 is 2.11 bits per heavy atom. The van der Waals surface area contributed by atoms with Gasteiger partial charge in [0.15, 0.2) is 11.5 Å². The smallest absolute Gasteiger partial charge is 0.231 e. The average molecular weight is 309 g/mol. The van der Waals surface area contributed by atoms with Gasteiger partial charge >= 0.3 is 0 Å². The summed E-state index contributed by atoms with van der Waals surface area (Å²) in [6, 6.07) is 6.00. The van der Waals surface area contributed by atoms with Gasteiger partial charge in [-0.05, 0) is 23.6 Å². The number of nitrogens with zero attached hydrogens (tertiary/aromatic N) is 2. The van der Waals surface area contributed by atoms with Crippen LogP contribution in [0.2, 0.25) is 0 Å². The molecule has 0 aliphatic carbocycles. The highest BCUT2D eigenvalue weighted by Crippen LogP contribution is 2.38. The molecule has 4 nitrogen and oxygen atoms in total. The van der Waals surface area contributed by atoms with Crippen molar-refractivity contribution in [3.8, 4) is 11.5 Å². The van der Waals surface area contributed by atoms with Crippen molar-refractivity contribution >= 4 is 32.5 Å². The number of aromatic nitrogens is 1. The minimum Gasteiger partial charge on any atom is -0.454 e. The molecule has 0 saturated carbocycles. The maximum absolute atomic E-state index is 5.42. The predicted octanol–water partition coefficient (Wildman–Crippen LogP) is 2.79. The predicted molar refractivity (Wildman–Crippen MR) is 74.9 cm³/mol. The molecule has 1 aliphatic heterocycles. The van der Waals surface area contributed by atoms with Gasteiger partial charge in [0.05, 0.1) is 0 Å². The molecule has 0 saturated heterocycles. The Labute approximate surface area is 114 Å². The third kappa shape index (κ3) is 1.88. The Morgan fingerprint density at radius 1 is 1.33 bits per heavy atom. The molecule has 0 bridgehead atoms. The first kappa shape index (κ1) is 11.6. The van der Waals surface area contributed by atoms with Crippen molar-refractivity contribution in [2.45, 2.75) is 0 Å². The van der Waals surface area contributed by atoms with Crippen LogP contribution in [0, 0.1) is 0 Å². The lowest BCUT2D eigenvalue weighted by atomic mass is 10.1. The zero-order valence-corrected chi connectivity index (χ0v) is 11.6. The Bertz CT molecular complexity index is 588. The van der Waals surface area contributed by atoms with Gasteiger partial charge < -0.3 is 14.4 Å². The van der Waals surface area contributed by atoms with Crippen LogP contribution in [0.1, 0.15) is 0 Å². The first-order valence-corrected chi connectivity index (χ1v) is 6.87. The summed E-state index contributed by atoms with van der Waals surface area (Å²) in [5.74, 6) is 2.57. The van der Waals surface area contributed by atoms with Gasteiger partial charge in [0.1, 0.15) is 5.82 Å². The average Bonchev–Trinajstić information content (AvgIpc) is 2.82. The maximum atomic E-state index is 5.42. The van der Waals surface area contributed by atoms with Gasteiger partial charge in [0.25, 0.3) is 0 Å². The van der Waals surface area contributed by atoms with E-state index in [1.54, 1.807) is 0 Å². The van der Waals surface area contributed by atoms with Gasteiger partial charge in [-0.15, -0.1) is 0 Å². The molecule has 3 rings (SSSR count). The summed E-state index contributed by atoms with van der Waals surface area (Å²) in [5.41, 5.74) is 0. The summed E-state index contributed by atoms with van der Waals surface area (Å²) >= 11 is 3.45. The van der Waals surface area contributed by atoms with E-state index in [1.165, 1.54) is 0 Å². The Hall–Kier alpha value is -1.49. The van der Waals surface area contributed by atoms with E-state index in [2.05, 4.69) is 25.8 Å². The highest BCUT2D eigenvalue weighted by molar-refractivity contribution is 9.09. The second-order valence-electron chi connectivity index (χ2n) is 4.17. The molecule has 18 heavy (non-hydrogen) atoms. The van der Waals surface area contributed by atoms with Crippen LogP contribution < -0.4 is 14.4 Å². The van der Waals surface area contributed by atoms with Gasteiger partial charge in [-0.2, -0.15) is 0 Å². The quantitative estimate of drug-likeness (QED) is 0.817. The van der Waals surface area contributed by atoms with Crippen LogP contribution in [-0.4, -0.2) is 30.7 Å².